The summed E-state index contributed by atoms with van der Waals surface area (Å²) in [6, 6.07) is 7.18. The molecule has 0 saturated carbocycles. The summed E-state index contributed by atoms with van der Waals surface area (Å²) in [6.45, 7) is 2.19. The molecular weight excluding hydrogens is 370 g/mol. The van der Waals surface area contributed by atoms with Crippen molar-refractivity contribution < 1.29 is 22.7 Å². The van der Waals surface area contributed by atoms with Crippen LogP contribution in [0.2, 0.25) is 0 Å². The Morgan fingerprint density at radius 1 is 1.19 bits per heavy atom. The highest BCUT2D eigenvalue weighted by Crippen LogP contribution is 2.12. The van der Waals surface area contributed by atoms with Gasteiger partial charge in [0.2, 0.25) is 10.0 Å². The number of rotatable bonds is 6. The van der Waals surface area contributed by atoms with Crippen LogP contribution in [0.3, 0.4) is 0 Å². The second kappa shape index (κ2) is 9.48. The fraction of sp³-hybridized carbons (Fsp3) is 0.500. The highest BCUT2D eigenvalue weighted by Gasteiger charge is 2.25. The molecule has 1 amide bonds. The number of likely N-dealkylation sites (tertiary alicyclic amines) is 1. The van der Waals surface area contributed by atoms with E-state index in [0.717, 1.165) is 25.7 Å². The molecular formula is C18H23N3O5S. The van der Waals surface area contributed by atoms with Crippen LogP contribution < -0.4 is 4.72 Å². The first-order chi connectivity index (χ1) is 12.8. The fourth-order valence-electron chi connectivity index (χ4n) is 2.78. The summed E-state index contributed by atoms with van der Waals surface area (Å²) in [5, 5.41) is 8.74. The molecule has 1 heterocycles. The van der Waals surface area contributed by atoms with Gasteiger partial charge in [0, 0.05) is 13.1 Å². The molecule has 1 fully saturated rings. The van der Waals surface area contributed by atoms with Gasteiger partial charge in [0.05, 0.1) is 16.5 Å². The lowest BCUT2D eigenvalue weighted by molar-refractivity contribution is -0.158. The van der Waals surface area contributed by atoms with E-state index in [-0.39, 0.29) is 10.8 Å². The number of sulfonamides is 1. The molecule has 1 N–H and O–H groups in total. The summed E-state index contributed by atoms with van der Waals surface area (Å²) in [7, 11) is -3.92. The lowest BCUT2D eigenvalue weighted by atomic mass is 10.2. The average molecular weight is 393 g/mol. The monoisotopic (exact) mass is 393 g/mol. The third kappa shape index (κ3) is 6.05. The van der Waals surface area contributed by atoms with Crippen molar-refractivity contribution in [3.8, 4) is 6.07 Å². The molecule has 8 nitrogen and oxygen atoms in total. The predicted octanol–water partition coefficient (Wildman–Crippen LogP) is 1.17. The van der Waals surface area contributed by atoms with Crippen LogP contribution in [0.15, 0.2) is 29.2 Å². The van der Waals surface area contributed by atoms with E-state index in [1.807, 2.05) is 6.07 Å². The maximum atomic E-state index is 12.4. The quantitative estimate of drug-likeness (QED) is 0.725. The SMILES string of the molecule is C[C@H](OC(=O)CNS(=O)(=O)c1ccc(C#N)cc1)C(=O)N1CCCCCC1. The number of nitriles is 1. The number of ether oxygens (including phenoxy) is 1. The largest absolute Gasteiger partial charge is 0.452 e. The van der Waals surface area contributed by atoms with Gasteiger partial charge in [0.1, 0.15) is 6.54 Å². The number of nitrogens with one attached hydrogen (secondary N) is 1. The topological polar surface area (TPSA) is 117 Å². The molecule has 146 valence electrons. The van der Waals surface area contributed by atoms with Crippen LogP contribution in [0.5, 0.6) is 0 Å². The number of carbonyl (C=O) groups excluding carboxylic acids is 2. The Labute approximate surface area is 159 Å². The predicted molar refractivity (Wildman–Crippen MR) is 96.9 cm³/mol. The van der Waals surface area contributed by atoms with Gasteiger partial charge >= 0.3 is 5.97 Å². The van der Waals surface area contributed by atoms with Crippen LogP contribution in [-0.4, -0.2) is 50.9 Å². The first-order valence-electron chi connectivity index (χ1n) is 8.81. The molecule has 1 aliphatic rings. The normalized spacial score (nSPS) is 16.1. The van der Waals surface area contributed by atoms with E-state index in [1.165, 1.54) is 31.2 Å². The number of esters is 1. The molecule has 0 aromatic heterocycles. The summed E-state index contributed by atoms with van der Waals surface area (Å²) in [6.07, 6.45) is 3.05. The molecule has 0 bridgehead atoms. The van der Waals surface area contributed by atoms with Crippen LogP contribution in [-0.2, 0) is 24.3 Å². The van der Waals surface area contributed by atoms with Crippen molar-refractivity contribution in [2.75, 3.05) is 19.6 Å². The van der Waals surface area contributed by atoms with Gasteiger partial charge < -0.3 is 9.64 Å². The Morgan fingerprint density at radius 3 is 2.33 bits per heavy atom. The summed E-state index contributed by atoms with van der Waals surface area (Å²) in [5.74, 6) is -1.09. The number of carbonyl (C=O) groups is 2. The van der Waals surface area contributed by atoms with Gasteiger partial charge in [0.15, 0.2) is 6.10 Å². The van der Waals surface area contributed by atoms with Crippen LogP contribution >= 0.6 is 0 Å². The molecule has 2 rings (SSSR count). The Morgan fingerprint density at radius 2 is 1.78 bits per heavy atom. The molecule has 9 heteroatoms. The van der Waals surface area contributed by atoms with E-state index in [0.29, 0.717) is 18.7 Å². The van der Waals surface area contributed by atoms with Crippen molar-refractivity contribution in [2.24, 2.45) is 0 Å². The van der Waals surface area contributed by atoms with Crippen LogP contribution in [0.4, 0.5) is 0 Å². The van der Waals surface area contributed by atoms with Gasteiger partial charge in [-0.25, -0.2) is 8.42 Å². The second-order valence-electron chi connectivity index (χ2n) is 6.33. The lowest BCUT2D eigenvalue weighted by Gasteiger charge is -2.24. The van der Waals surface area contributed by atoms with E-state index < -0.39 is 28.6 Å². The third-order valence-corrected chi connectivity index (χ3v) is 5.69. The molecule has 0 aliphatic carbocycles. The molecule has 1 aliphatic heterocycles. The smallest absolute Gasteiger partial charge is 0.321 e. The van der Waals surface area contributed by atoms with Crippen molar-refractivity contribution in [3.63, 3.8) is 0 Å². The minimum Gasteiger partial charge on any atom is -0.452 e. The zero-order chi connectivity index (χ0) is 19.9. The van der Waals surface area contributed by atoms with Gasteiger partial charge in [-0.2, -0.15) is 9.98 Å². The molecule has 1 atom stereocenters. The van der Waals surface area contributed by atoms with Gasteiger partial charge in [-0.15, -0.1) is 0 Å². The Hall–Kier alpha value is -2.44. The van der Waals surface area contributed by atoms with Gasteiger partial charge in [0.25, 0.3) is 5.91 Å². The first-order valence-corrected chi connectivity index (χ1v) is 10.3. The molecule has 0 radical (unpaired) electrons. The standard InChI is InChI=1S/C18H23N3O5S/c1-14(18(23)21-10-4-2-3-5-11-21)26-17(22)13-20-27(24,25)16-8-6-15(12-19)7-9-16/h6-9,14,20H,2-5,10-11,13H2,1H3/t14-/m0/s1. The van der Waals surface area contributed by atoms with E-state index in [1.54, 1.807) is 4.90 Å². The van der Waals surface area contributed by atoms with Gasteiger partial charge in [-0.3, -0.25) is 9.59 Å². The highest BCUT2D eigenvalue weighted by atomic mass is 32.2. The fourth-order valence-corrected chi connectivity index (χ4v) is 3.75. The second-order valence-corrected chi connectivity index (χ2v) is 8.10. The average Bonchev–Trinajstić information content (AvgIpc) is 2.95. The van der Waals surface area contributed by atoms with E-state index in [2.05, 4.69) is 4.72 Å². The minimum absolute atomic E-state index is 0.0667. The number of hydrogen-bond donors (Lipinski definition) is 1. The molecule has 0 spiro atoms. The lowest BCUT2D eigenvalue weighted by Crippen LogP contribution is -2.42. The summed E-state index contributed by atoms with van der Waals surface area (Å²) >= 11 is 0. The van der Waals surface area contributed by atoms with Crippen molar-refractivity contribution in [2.45, 2.75) is 43.6 Å². The molecule has 1 saturated heterocycles. The maximum Gasteiger partial charge on any atom is 0.321 e. The van der Waals surface area contributed by atoms with Crippen molar-refractivity contribution in [1.29, 1.82) is 5.26 Å². The van der Waals surface area contributed by atoms with Crippen molar-refractivity contribution in [3.05, 3.63) is 29.8 Å². The van der Waals surface area contributed by atoms with Crippen LogP contribution in [0, 0.1) is 11.3 Å². The number of hydrogen-bond acceptors (Lipinski definition) is 6. The Bertz CT molecular complexity index is 806. The molecule has 27 heavy (non-hydrogen) atoms. The highest BCUT2D eigenvalue weighted by molar-refractivity contribution is 7.89. The van der Waals surface area contributed by atoms with Crippen molar-refractivity contribution in [1.82, 2.24) is 9.62 Å². The van der Waals surface area contributed by atoms with Gasteiger partial charge in [-0.1, -0.05) is 12.8 Å². The molecule has 1 aromatic rings. The van der Waals surface area contributed by atoms with Crippen LogP contribution in [0.1, 0.15) is 38.2 Å². The molecule has 1 aromatic carbocycles. The van der Waals surface area contributed by atoms with E-state index in [4.69, 9.17) is 10.00 Å². The number of amides is 1. The zero-order valence-electron chi connectivity index (χ0n) is 15.2. The zero-order valence-corrected chi connectivity index (χ0v) is 16.0. The van der Waals surface area contributed by atoms with Crippen molar-refractivity contribution >= 4 is 21.9 Å². The van der Waals surface area contributed by atoms with Gasteiger partial charge in [-0.05, 0) is 44.0 Å². The first kappa shape index (κ1) is 20.9. The minimum atomic E-state index is -3.92. The summed E-state index contributed by atoms with van der Waals surface area (Å²) < 4.78 is 31.5. The van der Waals surface area contributed by atoms with E-state index >= 15 is 0 Å². The third-order valence-electron chi connectivity index (χ3n) is 4.27. The number of nitrogens with zero attached hydrogens (tertiary/aromatic N) is 2. The maximum absolute atomic E-state index is 12.4. The number of benzene rings is 1. The van der Waals surface area contributed by atoms with Crippen LogP contribution in [0.25, 0.3) is 0 Å². The summed E-state index contributed by atoms with van der Waals surface area (Å²) in [4.78, 5) is 25.9. The summed E-state index contributed by atoms with van der Waals surface area (Å²) in [5.41, 5.74) is 0.328. The molecule has 0 unspecified atom stereocenters. The Balaban J connectivity index is 1.87. The Kier molecular flexibility index (Phi) is 7.33. The van der Waals surface area contributed by atoms with E-state index in [9.17, 15) is 18.0 Å².